The van der Waals surface area contributed by atoms with Crippen molar-refractivity contribution in [2.75, 3.05) is 25.1 Å². The molecule has 0 aromatic heterocycles. The van der Waals surface area contributed by atoms with Gasteiger partial charge in [0.1, 0.15) is 5.75 Å². The molecule has 0 aliphatic heterocycles. The number of ether oxygens (including phenoxy) is 1. The molecule has 1 aliphatic rings. The Morgan fingerprint density at radius 3 is 2.60 bits per heavy atom. The van der Waals surface area contributed by atoms with Crippen LogP contribution in [0.5, 0.6) is 5.75 Å². The average Bonchev–Trinajstić information content (AvgIpc) is 2.97. The first-order chi connectivity index (χ1) is 9.71. The second-order valence-electron chi connectivity index (χ2n) is 5.31. The van der Waals surface area contributed by atoms with E-state index in [2.05, 4.69) is 0 Å². The number of hydrogen-bond donors (Lipinski definition) is 1. The van der Waals surface area contributed by atoms with Crippen LogP contribution in [0.1, 0.15) is 26.2 Å². The molecule has 1 fully saturated rings. The molecule has 0 unspecified atom stereocenters. The zero-order valence-corrected chi connectivity index (χ0v) is 12.3. The maximum Gasteiger partial charge on any atom is 0.230 e. The highest BCUT2D eigenvalue weighted by Gasteiger charge is 2.34. The predicted octanol–water partition coefficient (Wildman–Crippen LogP) is 2.42. The van der Waals surface area contributed by atoms with Crippen LogP contribution < -0.4 is 15.4 Å². The zero-order valence-electron chi connectivity index (χ0n) is 12.3. The fraction of sp³-hybridized carbons (Fsp3) is 0.562. The van der Waals surface area contributed by atoms with E-state index in [0.717, 1.165) is 30.7 Å². The number of methoxy groups -OCH3 is 1. The molecule has 2 N–H and O–H groups in total. The summed E-state index contributed by atoms with van der Waals surface area (Å²) in [5.41, 5.74) is 6.72. The molecule has 4 nitrogen and oxygen atoms in total. The standard InChI is InChI=1S/C16H24N2O2/c1-3-18(13-7-9-14(20-2)10-8-13)16(19)15-6-4-5-12(15)11-17/h7-10,12,15H,3-6,11,17H2,1-2H3/t12-,15-/m1/s1. The number of hydrogen-bond acceptors (Lipinski definition) is 3. The summed E-state index contributed by atoms with van der Waals surface area (Å²) < 4.78 is 5.16. The first-order valence-corrected chi connectivity index (χ1v) is 7.36. The lowest BCUT2D eigenvalue weighted by molar-refractivity contribution is -0.123. The Bertz CT molecular complexity index is 444. The summed E-state index contributed by atoms with van der Waals surface area (Å²) in [7, 11) is 1.64. The molecule has 2 rings (SSSR count). The van der Waals surface area contributed by atoms with E-state index in [-0.39, 0.29) is 11.8 Å². The Morgan fingerprint density at radius 2 is 2.05 bits per heavy atom. The molecule has 1 aromatic rings. The molecule has 0 saturated heterocycles. The number of rotatable bonds is 5. The van der Waals surface area contributed by atoms with Crippen molar-refractivity contribution < 1.29 is 9.53 Å². The third-order valence-corrected chi connectivity index (χ3v) is 4.25. The highest BCUT2D eigenvalue weighted by atomic mass is 16.5. The Labute approximate surface area is 120 Å². The van der Waals surface area contributed by atoms with Crippen molar-refractivity contribution in [1.82, 2.24) is 0 Å². The Kier molecular flexibility index (Phi) is 5.01. The van der Waals surface area contributed by atoms with Gasteiger partial charge in [-0.15, -0.1) is 0 Å². The van der Waals surface area contributed by atoms with Crippen LogP contribution in [-0.4, -0.2) is 26.1 Å². The summed E-state index contributed by atoms with van der Waals surface area (Å²) in [6, 6.07) is 7.65. The summed E-state index contributed by atoms with van der Waals surface area (Å²) in [6.07, 6.45) is 3.15. The van der Waals surface area contributed by atoms with Crippen LogP contribution in [-0.2, 0) is 4.79 Å². The monoisotopic (exact) mass is 276 g/mol. The summed E-state index contributed by atoms with van der Waals surface area (Å²) in [6.45, 7) is 3.30. The van der Waals surface area contributed by atoms with Crippen molar-refractivity contribution in [2.24, 2.45) is 17.6 Å². The number of nitrogens with two attached hydrogens (primary N) is 1. The smallest absolute Gasteiger partial charge is 0.230 e. The van der Waals surface area contributed by atoms with E-state index < -0.39 is 0 Å². The Morgan fingerprint density at radius 1 is 1.35 bits per heavy atom. The van der Waals surface area contributed by atoms with Crippen molar-refractivity contribution in [2.45, 2.75) is 26.2 Å². The van der Waals surface area contributed by atoms with Crippen LogP contribution in [0.25, 0.3) is 0 Å². The second-order valence-corrected chi connectivity index (χ2v) is 5.31. The van der Waals surface area contributed by atoms with Gasteiger partial charge in [-0.3, -0.25) is 4.79 Å². The molecule has 0 heterocycles. The lowest BCUT2D eigenvalue weighted by Gasteiger charge is -2.27. The number of benzene rings is 1. The third-order valence-electron chi connectivity index (χ3n) is 4.25. The van der Waals surface area contributed by atoms with E-state index in [0.29, 0.717) is 19.0 Å². The number of nitrogens with zero attached hydrogens (tertiary/aromatic N) is 1. The van der Waals surface area contributed by atoms with Gasteiger partial charge in [0.25, 0.3) is 0 Å². The highest BCUT2D eigenvalue weighted by Crippen LogP contribution is 2.33. The fourth-order valence-electron chi connectivity index (χ4n) is 3.07. The van der Waals surface area contributed by atoms with Gasteiger partial charge >= 0.3 is 0 Å². The van der Waals surface area contributed by atoms with Crippen LogP contribution in [0.2, 0.25) is 0 Å². The number of anilines is 1. The summed E-state index contributed by atoms with van der Waals surface area (Å²) in [5.74, 6) is 1.44. The van der Waals surface area contributed by atoms with Gasteiger partial charge in [0.2, 0.25) is 5.91 Å². The number of carbonyl (C=O) groups excluding carboxylic acids is 1. The van der Waals surface area contributed by atoms with Crippen LogP contribution in [0.3, 0.4) is 0 Å². The van der Waals surface area contributed by atoms with Gasteiger partial charge in [-0.1, -0.05) is 6.42 Å². The van der Waals surface area contributed by atoms with Gasteiger partial charge in [-0.25, -0.2) is 0 Å². The molecule has 110 valence electrons. The Hall–Kier alpha value is -1.55. The number of amides is 1. The van der Waals surface area contributed by atoms with Crippen molar-refractivity contribution in [3.05, 3.63) is 24.3 Å². The lowest BCUT2D eigenvalue weighted by Crippen LogP contribution is -2.39. The molecular formula is C16H24N2O2. The predicted molar refractivity (Wildman–Crippen MR) is 80.9 cm³/mol. The van der Waals surface area contributed by atoms with Crippen molar-refractivity contribution in [3.63, 3.8) is 0 Å². The molecule has 0 radical (unpaired) electrons. The second kappa shape index (κ2) is 6.75. The lowest BCUT2D eigenvalue weighted by atomic mass is 9.94. The van der Waals surface area contributed by atoms with Gasteiger partial charge in [0.15, 0.2) is 0 Å². The highest BCUT2D eigenvalue weighted by molar-refractivity contribution is 5.95. The van der Waals surface area contributed by atoms with Gasteiger partial charge < -0.3 is 15.4 Å². The van der Waals surface area contributed by atoms with Crippen LogP contribution >= 0.6 is 0 Å². The first-order valence-electron chi connectivity index (χ1n) is 7.36. The van der Waals surface area contributed by atoms with Crippen molar-refractivity contribution >= 4 is 11.6 Å². The largest absolute Gasteiger partial charge is 0.497 e. The topological polar surface area (TPSA) is 55.6 Å². The van der Waals surface area contributed by atoms with Gasteiger partial charge in [0.05, 0.1) is 7.11 Å². The minimum atomic E-state index is 0.0852. The SMILES string of the molecule is CCN(C(=O)[C@@H]1CCC[C@@H]1CN)c1ccc(OC)cc1. The van der Waals surface area contributed by atoms with Crippen LogP contribution in [0, 0.1) is 11.8 Å². The Balaban J connectivity index is 2.16. The minimum absolute atomic E-state index is 0.0852. The normalized spacial score (nSPS) is 21.8. The molecule has 1 aliphatic carbocycles. The maximum atomic E-state index is 12.7. The molecule has 20 heavy (non-hydrogen) atoms. The fourth-order valence-corrected chi connectivity index (χ4v) is 3.07. The van der Waals surface area contributed by atoms with Crippen LogP contribution in [0.4, 0.5) is 5.69 Å². The van der Waals surface area contributed by atoms with E-state index in [1.165, 1.54) is 0 Å². The molecule has 4 heteroatoms. The molecule has 1 saturated carbocycles. The zero-order chi connectivity index (χ0) is 14.5. The van der Waals surface area contributed by atoms with Gasteiger partial charge in [0, 0.05) is 18.2 Å². The van der Waals surface area contributed by atoms with Gasteiger partial charge in [-0.2, -0.15) is 0 Å². The average molecular weight is 276 g/mol. The minimum Gasteiger partial charge on any atom is -0.497 e. The summed E-state index contributed by atoms with van der Waals surface area (Å²) in [4.78, 5) is 14.6. The molecule has 1 aromatic carbocycles. The van der Waals surface area contributed by atoms with Crippen molar-refractivity contribution in [1.29, 1.82) is 0 Å². The molecule has 2 atom stereocenters. The molecule has 1 amide bonds. The third kappa shape index (κ3) is 2.96. The first kappa shape index (κ1) is 14.9. The molecule has 0 bridgehead atoms. The van der Waals surface area contributed by atoms with Gasteiger partial charge in [-0.05, 0) is 56.5 Å². The van der Waals surface area contributed by atoms with E-state index >= 15 is 0 Å². The van der Waals surface area contributed by atoms with E-state index in [9.17, 15) is 4.79 Å². The van der Waals surface area contributed by atoms with Crippen molar-refractivity contribution in [3.8, 4) is 5.75 Å². The molecular weight excluding hydrogens is 252 g/mol. The van der Waals surface area contributed by atoms with Crippen LogP contribution in [0.15, 0.2) is 24.3 Å². The van der Waals surface area contributed by atoms with E-state index in [4.69, 9.17) is 10.5 Å². The van der Waals surface area contributed by atoms with E-state index in [1.54, 1.807) is 7.11 Å². The van der Waals surface area contributed by atoms with E-state index in [1.807, 2.05) is 36.1 Å². The number of carbonyl (C=O) groups is 1. The maximum absolute atomic E-state index is 12.7. The summed E-state index contributed by atoms with van der Waals surface area (Å²) in [5, 5.41) is 0. The summed E-state index contributed by atoms with van der Waals surface area (Å²) >= 11 is 0. The molecule has 0 spiro atoms. The quantitative estimate of drug-likeness (QED) is 0.898.